The molecule has 0 aliphatic rings. The number of pyridine rings is 1. The number of nitrogens with zero attached hydrogens (tertiary/aromatic N) is 1. The first-order valence-electron chi connectivity index (χ1n) is 3.64. The summed E-state index contributed by atoms with van der Waals surface area (Å²) in [6, 6.07) is 2.70. The van der Waals surface area contributed by atoms with E-state index in [1.807, 2.05) is 0 Å². The van der Waals surface area contributed by atoms with Gasteiger partial charge in [0.1, 0.15) is 18.2 Å². The Hall–Kier alpha value is -1.65. The Labute approximate surface area is 74.7 Å². The molecule has 0 radical (unpaired) electrons. The van der Waals surface area contributed by atoms with Gasteiger partial charge in [0.25, 0.3) is 0 Å². The van der Waals surface area contributed by atoms with Gasteiger partial charge >= 0.3 is 5.97 Å². The average molecular weight is 184 g/mol. The Morgan fingerprint density at radius 3 is 3.00 bits per heavy atom. The van der Waals surface area contributed by atoms with Crippen LogP contribution in [0, 0.1) is 5.82 Å². The molecule has 0 atom stereocenters. The minimum atomic E-state index is -0.413. The third-order valence-electron chi connectivity index (χ3n) is 1.37. The van der Waals surface area contributed by atoms with E-state index in [9.17, 15) is 9.18 Å². The normalized spacial score (nSPS) is 9.38. The van der Waals surface area contributed by atoms with Crippen LogP contribution >= 0.6 is 0 Å². The summed E-state index contributed by atoms with van der Waals surface area (Å²) in [7, 11) is 1.29. The molecule has 5 heteroatoms. The summed E-state index contributed by atoms with van der Waals surface area (Å²) in [5, 5.41) is 2.67. The molecule has 0 aliphatic carbocycles. The van der Waals surface area contributed by atoms with Gasteiger partial charge in [-0.15, -0.1) is 0 Å². The molecule has 1 aromatic heterocycles. The number of rotatable bonds is 3. The molecule has 0 amide bonds. The van der Waals surface area contributed by atoms with Gasteiger partial charge in [-0.1, -0.05) is 0 Å². The largest absolute Gasteiger partial charge is 0.468 e. The predicted molar refractivity (Wildman–Crippen MR) is 44.7 cm³/mol. The monoisotopic (exact) mass is 184 g/mol. The van der Waals surface area contributed by atoms with Crippen LogP contribution in [0.5, 0.6) is 0 Å². The number of nitrogens with one attached hydrogen (secondary N) is 1. The Kier molecular flexibility index (Phi) is 3.19. The topological polar surface area (TPSA) is 51.2 Å². The number of hydrogen-bond acceptors (Lipinski definition) is 4. The first kappa shape index (κ1) is 9.44. The fourth-order valence-corrected chi connectivity index (χ4v) is 0.715. The van der Waals surface area contributed by atoms with E-state index in [4.69, 9.17) is 0 Å². The maximum absolute atomic E-state index is 12.4. The zero-order valence-electron chi connectivity index (χ0n) is 7.08. The summed E-state index contributed by atoms with van der Waals surface area (Å²) in [4.78, 5) is 14.4. The minimum absolute atomic E-state index is 0.0229. The second-order valence-electron chi connectivity index (χ2n) is 2.29. The molecule has 70 valence electrons. The highest BCUT2D eigenvalue weighted by Gasteiger charge is 1.99. The van der Waals surface area contributed by atoms with E-state index < -0.39 is 11.8 Å². The molecule has 1 heterocycles. The Bertz CT molecular complexity index is 287. The molecule has 0 aromatic carbocycles. The highest BCUT2D eigenvalue weighted by atomic mass is 19.1. The number of hydrogen-bond donors (Lipinski definition) is 1. The van der Waals surface area contributed by atoms with Crippen molar-refractivity contribution in [2.75, 3.05) is 19.0 Å². The van der Waals surface area contributed by atoms with Crippen LogP contribution < -0.4 is 5.32 Å². The van der Waals surface area contributed by atoms with Gasteiger partial charge in [-0.3, -0.25) is 4.79 Å². The second kappa shape index (κ2) is 4.39. The first-order chi connectivity index (χ1) is 6.22. The zero-order valence-corrected chi connectivity index (χ0v) is 7.08. The summed E-state index contributed by atoms with van der Waals surface area (Å²) in [5.74, 6) is -0.374. The minimum Gasteiger partial charge on any atom is -0.468 e. The molecule has 13 heavy (non-hydrogen) atoms. The third-order valence-corrected chi connectivity index (χ3v) is 1.37. The van der Waals surface area contributed by atoms with Gasteiger partial charge in [0, 0.05) is 0 Å². The zero-order chi connectivity index (χ0) is 9.68. The maximum Gasteiger partial charge on any atom is 0.325 e. The van der Waals surface area contributed by atoms with E-state index in [1.165, 1.54) is 19.2 Å². The lowest BCUT2D eigenvalue weighted by molar-refractivity contribution is -0.138. The van der Waals surface area contributed by atoms with E-state index in [-0.39, 0.29) is 6.54 Å². The van der Waals surface area contributed by atoms with Crippen LogP contribution in [0.4, 0.5) is 10.2 Å². The van der Waals surface area contributed by atoms with Crippen LogP contribution in [0.3, 0.4) is 0 Å². The van der Waals surface area contributed by atoms with Crippen molar-refractivity contribution in [3.05, 3.63) is 24.1 Å². The van der Waals surface area contributed by atoms with Crippen LogP contribution in [0.25, 0.3) is 0 Å². The van der Waals surface area contributed by atoms with Crippen LogP contribution in [0.2, 0.25) is 0 Å². The molecule has 1 aromatic rings. The fourth-order valence-electron chi connectivity index (χ4n) is 0.715. The lowest BCUT2D eigenvalue weighted by Gasteiger charge is -2.02. The number of anilines is 1. The molecule has 0 saturated carbocycles. The Morgan fingerprint density at radius 2 is 2.46 bits per heavy atom. The highest BCUT2D eigenvalue weighted by molar-refractivity contribution is 5.74. The fraction of sp³-hybridized carbons (Fsp3) is 0.250. The van der Waals surface area contributed by atoms with E-state index in [0.29, 0.717) is 5.82 Å². The number of ether oxygens (including phenoxy) is 1. The summed E-state index contributed by atoms with van der Waals surface area (Å²) in [6.45, 7) is 0.0229. The highest BCUT2D eigenvalue weighted by Crippen LogP contribution is 2.02. The van der Waals surface area contributed by atoms with Gasteiger partial charge in [-0.25, -0.2) is 9.37 Å². The SMILES string of the molecule is COC(=O)CNc1ccc(F)cn1. The Morgan fingerprint density at radius 1 is 1.69 bits per heavy atom. The van der Waals surface area contributed by atoms with E-state index in [1.54, 1.807) is 0 Å². The predicted octanol–water partition coefficient (Wildman–Crippen LogP) is 0.806. The summed E-state index contributed by atoms with van der Waals surface area (Å²) < 4.78 is 16.8. The maximum atomic E-state index is 12.4. The average Bonchev–Trinajstić information content (AvgIpc) is 2.16. The molecule has 0 aliphatic heterocycles. The van der Waals surface area contributed by atoms with Crippen LogP contribution in [0.1, 0.15) is 0 Å². The quantitative estimate of drug-likeness (QED) is 0.706. The van der Waals surface area contributed by atoms with Gasteiger partial charge in [0.2, 0.25) is 0 Å². The molecule has 1 N–H and O–H groups in total. The molecular weight excluding hydrogens is 175 g/mol. The van der Waals surface area contributed by atoms with Crippen molar-refractivity contribution in [1.82, 2.24) is 4.98 Å². The summed E-state index contributed by atoms with van der Waals surface area (Å²) in [5.41, 5.74) is 0. The summed E-state index contributed by atoms with van der Waals surface area (Å²) in [6.07, 6.45) is 1.07. The molecular formula is C8H9FN2O2. The first-order valence-corrected chi connectivity index (χ1v) is 3.64. The standard InChI is InChI=1S/C8H9FN2O2/c1-13-8(12)5-11-7-3-2-6(9)4-10-7/h2-4H,5H2,1H3,(H,10,11). The van der Waals surface area contributed by atoms with Crippen molar-refractivity contribution in [2.45, 2.75) is 0 Å². The number of carbonyl (C=O) groups excluding carboxylic acids is 1. The number of aromatic nitrogens is 1. The molecule has 4 nitrogen and oxygen atoms in total. The molecule has 0 unspecified atom stereocenters. The molecule has 0 saturated heterocycles. The lowest BCUT2D eigenvalue weighted by atomic mass is 10.4. The van der Waals surface area contributed by atoms with Crippen molar-refractivity contribution in [1.29, 1.82) is 0 Å². The van der Waals surface area contributed by atoms with Crippen molar-refractivity contribution in [3.8, 4) is 0 Å². The van der Waals surface area contributed by atoms with Crippen LogP contribution in [-0.2, 0) is 9.53 Å². The van der Waals surface area contributed by atoms with Crippen LogP contribution in [-0.4, -0.2) is 24.6 Å². The third kappa shape index (κ3) is 3.06. The molecule has 0 fully saturated rings. The Balaban J connectivity index is 2.46. The van der Waals surface area contributed by atoms with Crippen molar-refractivity contribution in [3.63, 3.8) is 0 Å². The van der Waals surface area contributed by atoms with Gasteiger partial charge in [-0.2, -0.15) is 0 Å². The van der Waals surface area contributed by atoms with Gasteiger partial charge < -0.3 is 10.1 Å². The molecule has 0 bridgehead atoms. The number of halogens is 1. The second-order valence-corrected chi connectivity index (χ2v) is 2.29. The number of esters is 1. The van der Waals surface area contributed by atoms with Gasteiger partial charge in [0.15, 0.2) is 0 Å². The molecule has 1 rings (SSSR count). The number of methoxy groups -OCH3 is 1. The summed E-state index contributed by atoms with van der Waals surface area (Å²) >= 11 is 0. The lowest BCUT2D eigenvalue weighted by Crippen LogP contribution is -2.15. The van der Waals surface area contributed by atoms with E-state index >= 15 is 0 Å². The van der Waals surface area contributed by atoms with Crippen molar-refractivity contribution < 1.29 is 13.9 Å². The van der Waals surface area contributed by atoms with Crippen molar-refractivity contribution >= 4 is 11.8 Å². The van der Waals surface area contributed by atoms with Crippen LogP contribution in [0.15, 0.2) is 18.3 Å². The van der Waals surface area contributed by atoms with Gasteiger partial charge in [-0.05, 0) is 12.1 Å². The number of carbonyl (C=O) groups is 1. The van der Waals surface area contributed by atoms with E-state index in [2.05, 4.69) is 15.0 Å². The van der Waals surface area contributed by atoms with E-state index in [0.717, 1.165) is 6.20 Å². The van der Waals surface area contributed by atoms with Crippen molar-refractivity contribution in [2.24, 2.45) is 0 Å². The smallest absolute Gasteiger partial charge is 0.325 e. The van der Waals surface area contributed by atoms with Gasteiger partial charge in [0.05, 0.1) is 13.3 Å². The molecule has 0 spiro atoms.